The van der Waals surface area contributed by atoms with Crippen molar-refractivity contribution in [1.29, 1.82) is 0 Å². The van der Waals surface area contributed by atoms with Gasteiger partial charge in [-0.1, -0.05) is 31.5 Å². The summed E-state index contributed by atoms with van der Waals surface area (Å²) in [4.78, 5) is 0.391. The summed E-state index contributed by atoms with van der Waals surface area (Å²) in [6.07, 6.45) is 4.14. The lowest BCUT2D eigenvalue weighted by atomic mass is 10.0. The maximum atomic E-state index is 12.7. The number of sulfonamides is 1. The Bertz CT molecular complexity index is 578. The van der Waals surface area contributed by atoms with Gasteiger partial charge in [0.15, 0.2) is 0 Å². The minimum Gasteiger partial charge on any atom is -0.310 e. The number of benzene rings is 1. The molecule has 1 aliphatic rings. The van der Waals surface area contributed by atoms with Gasteiger partial charge < -0.3 is 5.32 Å². The van der Waals surface area contributed by atoms with Gasteiger partial charge in [0.2, 0.25) is 10.0 Å². The Morgan fingerprint density at radius 1 is 1.24 bits per heavy atom. The highest BCUT2D eigenvalue weighted by Gasteiger charge is 2.27. The van der Waals surface area contributed by atoms with Crippen LogP contribution in [0.2, 0.25) is 0 Å². The van der Waals surface area contributed by atoms with Gasteiger partial charge >= 0.3 is 0 Å². The molecule has 2 N–H and O–H groups in total. The molecule has 1 aromatic rings. The lowest BCUT2D eigenvalue weighted by Crippen LogP contribution is -2.43. The van der Waals surface area contributed by atoms with Crippen LogP contribution in [0.1, 0.15) is 52.0 Å². The second-order valence-corrected chi connectivity index (χ2v) is 8.15. The van der Waals surface area contributed by atoms with Crippen molar-refractivity contribution in [3.8, 4) is 0 Å². The quantitative estimate of drug-likeness (QED) is 0.776. The molecular formula is C16H26N2O2S. The van der Waals surface area contributed by atoms with Crippen LogP contribution in [0.4, 0.5) is 0 Å². The van der Waals surface area contributed by atoms with Crippen LogP contribution in [0.5, 0.6) is 0 Å². The minimum absolute atomic E-state index is 0.391. The third-order valence-electron chi connectivity index (χ3n) is 3.71. The molecule has 1 aromatic carbocycles. The predicted octanol–water partition coefficient (Wildman–Crippen LogP) is 2.80. The molecule has 0 bridgehead atoms. The van der Waals surface area contributed by atoms with Crippen molar-refractivity contribution >= 4 is 10.0 Å². The average Bonchev–Trinajstić information content (AvgIpc) is 3.19. The zero-order chi connectivity index (χ0) is 15.5. The number of rotatable bonds is 8. The summed E-state index contributed by atoms with van der Waals surface area (Å²) >= 11 is 0. The highest BCUT2D eigenvalue weighted by atomic mass is 32.2. The van der Waals surface area contributed by atoms with Gasteiger partial charge in [-0.15, -0.1) is 0 Å². The molecule has 1 fully saturated rings. The molecule has 0 aromatic heterocycles. The summed E-state index contributed by atoms with van der Waals surface area (Å²) in [5.74, 6) is 0. The SMILES string of the molecule is CCCC(C)(C)NS(=O)(=O)c1ccccc1CNC1CC1. The molecule has 4 nitrogen and oxygen atoms in total. The standard InChI is InChI=1S/C16H26N2O2S/c1-4-11-16(2,3)18-21(19,20)15-8-6-5-7-13(15)12-17-14-9-10-14/h5-8,14,17-18H,4,9-12H2,1-3H3. The van der Waals surface area contributed by atoms with Crippen LogP contribution in [0.15, 0.2) is 29.2 Å². The largest absolute Gasteiger partial charge is 0.310 e. The van der Waals surface area contributed by atoms with Gasteiger partial charge in [0.1, 0.15) is 0 Å². The maximum absolute atomic E-state index is 12.7. The predicted molar refractivity (Wildman–Crippen MR) is 85.6 cm³/mol. The normalized spacial score (nSPS) is 16.1. The molecule has 0 saturated heterocycles. The summed E-state index contributed by atoms with van der Waals surface area (Å²) in [5.41, 5.74) is 0.411. The zero-order valence-corrected chi connectivity index (χ0v) is 14.0. The summed E-state index contributed by atoms with van der Waals surface area (Å²) in [6.45, 7) is 6.53. The molecule has 21 heavy (non-hydrogen) atoms. The van der Waals surface area contributed by atoms with Gasteiger partial charge in [-0.05, 0) is 44.7 Å². The van der Waals surface area contributed by atoms with E-state index in [1.54, 1.807) is 12.1 Å². The first-order chi connectivity index (χ1) is 9.84. The Kier molecular flexibility index (Phi) is 5.07. The van der Waals surface area contributed by atoms with Crippen molar-refractivity contribution in [1.82, 2.24) is 10.0 Å². The molecule has 0 aliphatic heterocycles. The van der Waals surface area contributed by atoms with Crippen molar-refractivity contribution in [2.75, 3.05) is 0 Å². The molecule has 0 radical (unpaired) electrons. The van der Waals surface area contributed by atoms with E-state index in [2.05, 4.69) is 17.0 Å². The van der Waals surface area contributed by atoms with Crippen LogP contribution in [0.3, 0.4) is 0 Å². The number of nitrogens with one attached hydrogen (secondary N) is 2. The topological polar surface area (TPSA) is 58.2 Å². The number of hydrogen-bond acceptors (Lipinski definition) is 3. The summed E-state index contributed by atoms with van der Waals surface area (Å²) in [5, 5.41) is 3.38. The first-order valence-electron chi connectivity index (χ1n) is 7.69. The Morgan fingerprint density at radius 2 is 1.90 bits per heavy atom. The molecule has 0 heterocycles. The van der Waals surface area contributed by atoms with Crippen LogP contribution >= 0.6 is 0 Å². The van der Waals surface area contributed by atoms with Crippen molar-refractivity contribution in [2.45, 2.75) is 69.5 Å². The van der Waals surface area contributed by atoms with Gasteiger partial charge in [-0.2, -0.15) is 0 Å². The maximum Gasteiger partial charge on any atom is 0.241 e. The molecule has 1 saturated carbocycles. The van der Waals surface area contributed by atoms with Crippen LogP contribution < -0.4 is 10.0 Å². The smallest absolute Gasteiger partial charge is 0.241 e. The average molecular weight is 310 g/mol. The molecule has 0 unspecified atom stereocenters. The highest BCUT2D eigenvalue weighted by Crippen LogP contribution is 2.23. The van der Waals surface area contributed by atoms with E-state index in [1.807, 2.05) is 26.0 Å². The van der Waals surface area contributed by atoms with Crippen LogP contribution in [-0.2, 0) is 16.6 Å². The van der Waals surface area contributed by atoms with Crippen molar-refractivity contribution < 1.29 is 8.42 Å². The fourth-order valence-electron chi connectivity index (χ4n) is 2.55. The summed E-state index contributed by atoms with van der Waals surface area (Å²) in [7, 11) is -3.49. The Hall–Kier alpha value is -0.910. The molecule has 1 aliphatic carbocycles. The summed E-state index contributed by atoms with van der Waals surface area (Å²) < 4.78 is 28.2. The van der Waals surface area contributed by atoms with E-state index >= 15 is 0 Å². The van der Waals surface area contributed by atoms with E-state index in [0.717, 1.165) is 18.4 Å². The third kappa shape index (κ3) is 4.80. The van der Waals surface area contributed by atoms with E-state index < -0.39 is 15.6 Å². The van der Waals surface area contributed by atoms with E-state index in [-0.39, 0.29) is 0 Å². The Morgan fingerprint density at radius 3 is 2.52 bits per heavy atom. The molecule has 0 atom stereocenters. The lowest BCUT2D eigenvalue weighted by Gasteiger charge is -2.26. The van der Waals surface area contributed by atoms with Crippen LogP contribution in [-0.4, -0.2) is 20.0 Å². The molecular weight excluding hydrogens is 284 g/mol. The van der Waals surface area contributed by atoms with Gasteiger partial charge in [0, 0.05) is 18.1 Å². The van der Waals surface area contributed by atoms with Crippen molar-refractivity contribution in [3.05, 3.63) is 29.8 Å². The van der Waals surface area contributed by atoms with E-state index in [0.29, 0.717) is 17.5 Å². The molecule has 2 rings (SSSR count). The van der Waals surface area contributed by atoms with Crippen molar-refractivity contribution in [2.24, 2.45) is 0 Å². The fraction of sp³-hybridized carbons (Fsp3) is 0.625. The Balaban J connectivity index is 2.18. The second-order valence-electron chi connectivity index (χ2n) is 6.50. The summed E-state index contributed by atoms with van der Waals surface area (Å²) in [6, 6.07) is 7.80. The van der Waals surface area contributed by atoms with Gasteiger partial charge in [-0.25, -0.2) is 13.1 Å². The molecule has 0 spiro atoms. The van der Waals surface area contributed by atoms with E-state index in [4.69, 9.17) is 0 Å². The van der Waals surface area contributed by atoms with Gasteiger partial charge in [0.25, 0.3) is 0 Å². The lowest BCUT2D eigenvalue weighted by molar-refractivity contribution is 0.417. The molecule has 118 valence electrons. The zero-order valence-electron chi connectivity index (χ0n) is 13.1. The second kappa shape index (κ2) is 6.46. The molecule has 5 heteroatoms. The van der Waals surface area contributed by atoms with Crippen molar-refractivity contribution in [3.63, 3.8) is 0 Å². The minimum atomic E-state index is -3.49. The van der Waals surface area contributed by atoms with E-state index in [9.17, 15) is 8.42 Å². The van der Waals surface area contributed by atoms with E-state index in [1.165, 1.54) is 12.8 Å². The van der Waals surface area contributed by atoms with Gasteiger partial charge in [0.05, 0.1) is 4.90 Å². The van der Waals surface area contributed by atoms with Gasteiger partial charge in [-0.3, -0.25) is 0 Å². The fourth-order valence-corrected chi connectivity index (χ4v) is 4.23. The third-order valence-corrected chi connectivity index (χ3v) is 5.50. The Labute approximate surface area is 128 Å². The van der Waals surface area contributed by atoms with Crippen LogP contribution in [0.25, 0.3) is 0 Å². The monoisotopic (exact) mass is 310 g/mol. The highest BCUT2D eigenvalue weighted by molar-refractivity contribution is 7.89. The molecule has 0 amide bonds. The number of hydrogen-bond donors (Lipinski definition) is 2. The van der Waals surface area contributed by atoms with Crippen LogP contribution in [0, 0.1) is 0 Å². The first-order valence-corrected chi connectivity index (χ1v) is 9.18. The first kappa shape index (κ1) is 16.5.